The molecular weight excluding hydrogens is 137 g/mol. The minimum atomic E-state index is 0.193. The van der Waals surface area contributed by atoms with Gasteiger partial charge in [0.05, 0.1) is 0 Å². The zero-order valence-corrected chi connectivity index (χ0v) is 7.76. The first-order valence-corrected chi connectivity index (χ1v) is 4.29. The monoisotopic (exact) mass is 154 g/mol. The van der Waals surface area contributed by atoms with E-state index < -0.39 is 0 Å². The Bertz CT molecular complexity index is 111. The van der Waals surface area contributed by atoms with E-state index in [0.29, 0.717) is 0 Å². The molecule has 1 rings (SSSR count). The van der Waals surface area contributed by atoms with Crippen molar-refractivity contribution in [3.05, 3.63) is 0 Å². The maximum Gasteiger partial charge on any atom is 0.218 e. The highest BCUT2D eigenvalue weighted by Crippen LogP contribution is 1.99. The molecule has 3 heteroatoms. The SMILES string of the molecule is CC(=O)N1C[B]CC1.CCC. The molecule has 0 aliphatic carbocycles. The van der Waals surface area contributed by atoms with Crippen LogP contribution in [0.15, 0.2) is 0 Å². The van der Waals surface area contributed by atoms with Crippen LogP contribution >= 0.6 is 0 Å². The topological polar surface area (TPSA) is 20.3 Å². The lowest BCUT2D eigenvalue weighted by atomic mass is 9.79. The van der Waals surface area contributed by atoms with Crippen LogP contribution in [0.4, 0.5) is 0 Å². The van der Waals surface area contributed by atoms with Crippen molar-refractivity contribution in [1.82, 2.24) is 4.90 Å². The zero-order chi connectivity index (χ0) is 8.69. The van der Waals surface area contributed by atoms with Crippen LogP contribution in [0.25, 0.3) is 0 Å². The zero-order valence-electron chi connectivity index (χ0n) is 7.76. The average molecular weight is 154 g/mol. The molecule has 1 fully saturated rings. The molecule has 1 aliphatic rings. The smallest absolute Gasteiger partial charge is 0.218 e. The van der Waals surface area contributed by atoms with E-state index >= 15 is 0 Å². The van der Waals surface area contributed by atoms with Crippen LogP contribution in [0.2, 0.25) is 6.32 Å². The maximum absolute atomic E-state index is 10.6. The van der Waals surface area contributed by atoms with Crippen molar-refractivity contribution in [3.63, 3.8) is 0 Å². The third-order valence-electron chi connectivity index (χ3n) is 1.40. The first-order chi connectivity index (χ1) is 5.22. The van der Waals surface area contributed by atoms with Gasteiger partial charge in [0.15, 0.2) is 0 Å². The van der Waals surface area contributed by atoms with E-state index in [9.17, 15) is 4.79 Å². The van der Waals surface area contributed by atoms with Gasteiger partial charge in [-0.2, -0.15) is 0 Å². The number of nitrogens with zero attached hydrogens (tertiary/aromatic N) is 1. The second-order valence-electron chi connectivity index (χ2n) is 2.75. The molecule has 11 heavy (non-hydrogen) atoms. The van der Waals surface area contributed by atoms with Gasteiger partial charge in [-0.25, -0.2) is 0 Å². The van der Waals surface area contributed by atoms with Crippen LogP contribution in [0, 0.1) is 0 Å². The lowest BCUT2D eigenvalue weighted by molar-refractivity contribution is -0.127. The molecule has 0 bridgehead atoms. The van der Waals surface area contributed by atoms with Crippen molar-refractivity contribution in [3.8, 4) is 0 Å². The Morgan fingerprint density at radius 1 is 1.55 bits per heavy atom. The van der Waals surface area contributed by atoms with Crippen LogP contribution < -0.4 is 0 Å². The highest BCUT2D eigenvalue weighted by atomic mass is 16.2. The van der Waals surface area contributed by atoms with Crippen molar-refractivity contribution in [2.45, 2.75) is 33.5 Å². The minimum Gasteiger partial charge on any atom is -0.352 e. The van der Waals surface area contributed by atoms with E-state index in [-0.39, 0.29) is 5.91 Å². The molecule has 63 valence electrons. The van der Waals surface area contributed by atoms with Crippen LogP contribution in [0.5, 0.6) is 0 Å². The van der Waals surface area contributed by atoms with Crippen LogP contribution in [-0.4, -0.2) is 31.1 Å². The summed E-state index contributed by atoms with van der Waals surface area (Å²) in [6, 6.07) is 0. The lowest BCUT2D eigenvalue weighted by Gasteiger charge is -2.10. The highest BCUT2D eigenvalue weighted by molar-refractivity contribution is 6.37. The Morgan fingerprint density at radius 2 is 2.09 bits per heavy atom. The Kier molecular flexibility index (Phi) is 5.99. The van der Waals surface area contributed by atoms with Gasteiger partial charge in [-0.3, -0.25) is 4.79 Å². The second kappa shape index (κ2) is 6.26. The summed E-state index contributed by atoms with van der Waals surface area (Å²) in [5, 5.41) is 0. The van der Waals surface area contributed by atoms with E-state index in [1.54, 1.807) is 6.92 Å². The summed E-state index contributed by atoms with van der Waals surface area (Å²) >= 11 is 0. The van der Waals surface area contributed by atoms with Crippen LogP contribution in [0.3, 0.4) is 0 Å². The van der Waals surface area contributed by atoms with Crippen molar-refractivity contribution in [2.24, 2.45) is 0 Å². The van der Waals surface area contributed by atoms with Crippen molar-refractivity contribution >= 4 is 13.2 Å². The molecule has 2 nitrogen and oxygen atoms in total. The van der Waals surface area contributed by atoms with Gasteiger partial charge in [0.1, 0.15) is 7.28 Å². The first-order valence-electron chi connectivity index (χ1n) is 4.29. The molecule has 0 aromatic carbocycles. The number of rotatable bonds is 0. The molecule has 0 spiro atoms. The molecule has 1 saturated heterocycles. The lowest BCUT2D eigenvalue weighted by Crippen LogP contribution is -2.25. The predicted octanol–water partition coefficient (Wildman–Crippen LogP) is 1.34. The van der Waals surface area contributed by atoms with Gasteiger partial charge in [0.2, 0.25) is 5.91 Å². The molecule has 1 amide bonds. The third-order valence-corrected chi connectivity index (χ3v) is 1.40. The highest BCUT2D eigenvalue weighted by Gasteiger charge is 2.13. The predicted molar refractivity (Wildman–Crippen MR) is 48.8 cm³/mol. The Hall–Kier alpha value is -0.465. The summed E-state index contributed by atoms with van der Waals surface area (Å²) in [6.07, 6.45) is 3.18. The van der Waals surface area contributed by atoms with Crippen molar-refractivity contribution in [2.75, 3.05) is 13.0 Å². The quantitative estimate of drug-likeness (QED) is 0.482. The van der Waals surface area contributed by atoms with E-state index in [2.05, 4.69) is 21.1 Å². The number of hydrogen-bond acceptors (Lipinski definition) is 1. The molecule has 0 atom stereocenters. The summed E-state index contributed by atoms with van der Waals surface area (Å²) in [5.41, 5.74) is 0. The summed E-state index contributed by atoms with van der Waals surface area (Å²) < 4.78 is 0. The minimum absolute atomic E-state index is 0.193. The summed E-state index contributed by atoms with van der Waals surface area (Å²) in [4.78, 5) is 12.4. The Balaban J connectivity index is 0.000000292. The van der Waals surface area contributed by atoms with Gasteiger partial charge in [-0.05, 0) is 6.44 Å². The van der Waals surface area contributed by atoms with Gasteiger partial charge >= 0.3 is 0 Å². The van der Waals surface area contributed by atoms with E-state index in [0.717, 1.165) is 19.3 Å². The standard InChI is InChI=1S/C5H9BNO.C3H8/c1-5(8)7-3-2-6-4-7;1-3-2/h2-4H2,1H3;3H2,1-2H3. The van der Waals surface area contributed by atoms with E-state index in [1.165, 1.54) is 6.42 Å². The summed E-state index contributed by atoms with van der Waals surface area (Å²) in [6.45, 7) is 6.79. The number of carbonyl (C=O) groups excluding carboxylic acids is 1. The maximum atomic E-state index is 10.6. The summed E-state index contributed by atoms with van der Waals surface area (Å²) in [5.74, 6) is 0.193. The molecule has 0 unspecified atom stereocenters. The molecule has 1 radical (unpaired) electrons. The van der Waals surface area contributed by atoms with Crippen LogP contribution in [0.1, 0.15) is 27.2 Å². The largest absolute Gasteiger partial charge is 0.352 e. The molecule has 0 N–H and O–H groups in total. The number of carbonyl (C=O) groups is 1. The van der Waals surface area contributed by atoms with Crippen molar-refractivity contribution < 1.29 is 4.79 Å². The Morgan fingerprint density at radius 3 is 2.27 bits per heavy atom. The fourth-order valence-corrected chi connectivity index (χ4v) is 0.872. The van der Waals surface area contributed by atoms with Gasteiger partial charge in [-0.15, -0.1) is 0 Å². The molecule has 0 aromatic rings. The molecular formula is C8H17BNO. The van der Waals surface area contributed by atoms with Gasteiger partial charge in [-0.1, -0.05) is 26.6 Å². The molecule has 1 aliphatic heterocycles. The van der Waals surface area contributed by atoms with Gasteiger partial charge < -0.3 is 4.90 Å². The molecule has 0 aromatic heterocycles. The number of amides is 1. The number of hydrogen-bond donors (Lipinski definition) is 0. The normalized spacial score (nSPS) is 15.0. The molecule has 1 heterocycles. The van der Waals surface area contributed by atoms with Crippen molar-refractivity contribution in [1.29, 1.82) is 0 Å². The fourth-order valence-electron chi connectivity index (χ4n) is 0.872. The van der Waals surface area contributed by atoms with Gasteiger partial charge in [0.25, 0.3) is 0 Å². The average Bonchev–Trinajstić information content (AvgIpc) is 2.38. The van der Waals surface area contributed by atoms with Crippen LogP contribution in [-0.2, 0) is 4.79 Å². The first kappa shape index (κ1) is 10.5. The second-order valence-corrected chi connectivity index (χ2v) is 2.75. The van der Waals surface area contributed by atoms with E-state index in [4.69, 9.17) is 0 Å². The van der Waals surface area contributed by atoms with Gasteiger partial charge in [0, 0.05) is 13.5 Å². The molecule has 0 saturated carbocycles. The summed E-state index contributed by atoms with van der Waals surface area (Å²) in [7, 11) is 2.13. The Labute approximate surface area is 70.2 Å². The third kappa shape index (κ3) is 4.88. The van der Waals surface area contributed by atoms with E-state index in [1.807, 2.05) is 4.90 Å². The fraction of sp³-hybridized carbons (Fsp3) is 0.875.